The number of amides is 1. The quantitative estimate of drug-likeness (QED) is 0.820. The van der Waals surface area contributed by atoms with Crippen molar-refractivity contribution < 1.29 is 4.79 Å². The molecule has 0 aromatic carbocycles. The number of aromatic nitrogens is 3. The second kappa shape index (κ2) is 6.46. The predicted octanol–water partition coefficient (Wildman–Crippen LogP) is 1.17. The van der Waals surface area contributed by atoms with Gasteiger partial charge in [0.2, 0.25) is 5.91 Å². The Morgan fingerprint density at radius 1 is 1.16 bits per heavy atom. The van der Waals surface area contributed by atoms with E-state index in [1.807, 2.05) is 15.9 Å². The maximum Gasteiger partial charge on any atom is 0.293 e. The second-order valence-electron chi connectivity index (χ2n) is 6.96. The molecule has 1 amide bonds. The van der Waals surface area contributed by atoms with Crippen LogP contribution in [0.4, 0.5) is 5.82 Å². The van der Waals surface area contributed by atoms with E-state index >= 15 is 0 Å². The fourth-order valence-corrected chi connectivity index (χ4v) is 3.93. The fraction of sp³-hybridized carbons (Fsp3) is 0.556. The van der Waals surface area contributed by atoms with Crippen molar-refractivity contribution >= 4 is 22.8 Å². The van der Waals surface area contributed by atoms with Gasteiger partial charge in [0.05, 0.1) is 17.2 Å². The van der Waals surface area contributed by atoms with Crippen LogP contribution in [0.3, 0.4) is 0 Å². The van der Waals surface area contributed by atoms with Gasteiger partial charge in [-0.2, -0.15) is 0 Å². The highest BCUT2D eigenvalue weighted by Gasteiger charge is 2.30. The first-order valence-electron chi connectivity index (χ1n) is 8.99. The number of fused-ring (bicyclic) bond motifs is 1. The van der Waals surface area contributed by atoms with Crippen LogP contribution in [0.1, 0.15) is 25.7 Å². The first-order chi connectivity index (χ1) is 12.1. The van der Waals surface area contributed by atoms with Crippen molar-refractivity contribution in [1.82, 2.24) is 19.4 Å². The third-order valence-electron chi connectivity index (χ3n) is 5.46. The van der Waals surface area contributed by atoms with Gasteiger partial charge < -0.3 is 14.4 Å². The highest BCUT2D eigenvalue weighted by molar-refractivity contribution is 5.79. The van der Waals surface area contributed by atoms with Crippen LogP contribution in [-0.2, 0) is 11.8 Å². The molecule has 2 fully saturated rings. The molecule has 2 aromatic heterocycles. The Morgan fingerprint density at radius 2 is 1.88 bits per heavy atom. The van der Waals surface area contributed by atoms with Gasteiger partial charge in [-0.1, -0.05) is 12.8 Å². The zero-order valence-corrected chi connectivity index (χ0v) is 14.5. The Bertz CT molecular complexity index is 848. The number of hydrogen-bond acceptors (Lipinski definition) is 5. The van der Waals surface area contributed by atoms with Crippen LogP contribution in [0.15, 0.2) is 23.3 Å². The van der Waals surface area contributed by atoms with E-state index in [4.69, 9.17) is 0 Å². The molecule has 4 rings (SSSR count). The van der Waals surface area contributed by atoms with E-state index < -0.39 is 0 Å². The molecule has 0 radical (unpaired) electrons. The largest absolute Gasteiger partial charge is 0.348 e. The van der Waals surface area contributed by atoms with Crippen LogP contribution in [-0.4, -0.2) is 51.5 Å². The van der Waals surface area contributed by atoms with Crippen molar-refractivity contribution in [3.63, 3.8) is 0 Å². The summed E-state index contributed by atoms with van der Waals surface area (Å²) in [6.45, 7) is 2.62. The third-order valence-corrected chi connectivity index (χ3v) is 5.46. The van der Waals surface area contributed by atoms with E-state index in [2.05, 4.69) is 9.97 Å². The van der Waals surface area contributed by atoms with E-state index in [-0.39, 0.29) is 11.5 Å². The lowest BCUT2D eigenvalue weighted by atomic mass is 10.1. The lowest BCUT2D eigenvalue weighted by molar-refractivity contribution is -0.135. The summed E-state index contributed by atoms with van der Waals surface area (Å²) in [7, 11) is 1.75. The molecule has 2 aromatic rings. The minimum absolute atomic E-state index is 0.115. The fourth-order valence-electron chi connectivity index (χ4n) is 3.93. The molecule has 1 aliphatic heterocycles. The Hall–Kier alpha value is -2.44. The molecule has 0 bridgehead atoms. The number of carbonyl (C=O) groups is 1. The molecule has 3 heterocycles. The zero-order valence-electron chi connectivity index (χ0n) is 14.5. The van der Waals surface area contributed by atoms with Crippen molar-refractivity contribution in [1.29, 1.82) is 0 Å². The van der Waals surface area contributed by atoms with Crippen LogP contribution in [0.25, 0.3) is 11.0 Å². The third kappa shape index (κ3) is 2.88. The molecular weight excluding hydrogens is 318 g/mol. The Morgan fingerprint density at radius 3 is 2.60 bits per heavy atom. The van der Waals surface area contributed by atoms with E-state index in [1.54, 1.807) is 24.0 Å². The summed E-state index contributed by atoms with van der Waals surface area (Å²) in [5, 5.41) is 0. The molecule has 1 aliphatic carbocycles. The number of hydrogen-bond donors (Lipinski definition) is 0. The Labute approximate surface area is 146 Å². The average Bonchev–Trinajstić information content (AvgIpc) is 3.19. The molecule has 0 spiro atoms. The van der Waals surface area contributed by atoms with Gasteiger partial charge >= 0.3 is 0 Å². The van der Waals surface area contributed by atoms with E-state index in [0.717, 1.165) is 23.9 Å². The summed E-state index contributed by atoms with van der Waals surface area (Å²) in [6, 6.07) is 1.82. The SMILES string of the molecule is Cn1c(=O)c(N2CCN(C(=O)C3CCCC3)CC2)nc2ccncc21. The molecule has 0 atom stereocenters. The first-order valence-corrected chi connectivity index (χ1v) is 8.99. The minimum atomic E-state index is -0.115. The molecule has 7 heteroatoms. The Balaban J connectivity index is 1.53. The van der Waals surface area contributed by atoms with Gasteiger partial charge in [-0.25, -0.2) is 4.98 Å². The summed E-state index contributed by atoms with van der Waals surface area (Å²) >= 11 is 0. The summed E-state index contributed by atoms with van der Waals surface area (Å²) < 4.78 is 1.60. The van der Waals surface area contributed by atoms with Crippen LogP contribution in [0.5, 0.6) is 0 Å². The highest BCUT2D eigenvalue weighted by Crippen LogP contribution is 2.27. The number of anilines is 1. The molecule has 1 saturated heterocycles. The maximum absolute atomic E-state index is 12.7. The summed E-state index contributed by atoms with van der Waals surface area (Å²) in [5.41, 5.74) is 1.37. The maximum atomic E-state index is 12.7. The monoisotopic (exact) mass is 341 g/mol. The molecule has 2 aliphatic rings. The molecule has 7 nitrogen and oxygen atoms in total. The molecule has 1 saturated carbocycles. The number of nitrogens with zero attached hydrogens (tertiary/aromatic N) is 5. The number of piperazine rings is 1. The second-order valence-corrected chi connectivity index (χ2v) is 6.96. The van der Waals surface area contributed by atoms with Gasteiger partial charge in [0.15, 0.2) is 5.82 Å². The van der Waals surface area contributed by atoms with Crippen LogP contribution in [0.2, 0.25) is 0 Å². The van der Waals surface area contributed by atoms with Crippen molar-refractivity contribution in [3.05, 3.63) is 28.8 Å². The molecular formula is C18H23N5O2. The van der Waals surface area contributed by atoms with Gasteiger partial charge in [0.25, 0.3) is 5.56 Å². The van der Waals surface area contributed by atoms with Crippen molar-refractivity contribution in [2.45, 2.75) is 25.7 Å². The van der Waals surface area contributed by atoms with E-state index in [9.17, 15) is 9.59 Å². The van der Waals surface area contributed by atoms with Gasteiger partial charge in [0.1, 0.15) is 0 Å². The van der Waals surface area contributed by atoms with Crippen LogP contribution >= 0.6 is 0 Å². The van der Waals surface area contributed by atoms with Gasteiger partial charge in [0, 0.05) is 45.3 Å². The smallest absolute Gasteiger partial charge is 0.293 e. The van der Waals surface area contributed by atoms with Crippen molar-refractivity contribution in [2.75, 3.05) is 31.1 Å². The standard InChI is InChI=1S/C18H23N5O2/c1-21-15-12-19-7-6-14(15)20-16(18(21)25)22-8-10-23(11-9-22)17(24)13-4-2-3-5-13/h6-7,12-13H,2-5,8-11H2,1H3. The topological polar surface area (TPSA) is 71.3 Å². The first kappa shape index (κ1) is 16.1. The summed E-state index contributed by atoms with van der Waals surface area (Å²) in [6.07, 6.45) is 7.73. The highest BCUT2D eigenvalue weighted by atomic mass is 16.2. The molecule has 132 valence electrons. The molecule has 0 unspecified atom stereocenters. The molecule has 25 heavy (non-hydrogen) atoms. The zero-order chi connectivity index (χ0) is 17.4. The minimum Gasteiger partial charge on any atom is -0.348 e. The van der Waals surface area contributed by atoms with Crippen molar-refractivity contribution in [3.8, 4) is 0 Å². The number of carbonyl (C=O) groups excluding carboxylic acids is 1. The van der Waals surface area contributed by atoms with E-state index in [1.165, 1.54) is 12.8 Å². The average molecular weight is 341 g/mol. The van der Waals surface area contributed by atoms with Gasteiger partial charge in [-0.05, 0) is 18.9 Å². The number of aryl methyl sites for hydroxylation is 1. The summed E-state index contributed by atoms with van der Waals surface area (Å²) in [5.74, 6) is 0.975. The van der Waals surface area contributed by atoms with E-state index in [0.29, 0.717) is 37.9 Å². The van der Waals surface area contributed by atoms with Gasteiger partial charge in [-0.3, -0.25) is 14.6 Å². The van der Waals surface area contributed by atoms with Crippen LogP contribution in [0, 0.1) is 5.92 Å². The molecule has 0 N–H and O–H groups in total. The lowest BCUT2D eigenvalue weighted by Crippen LogP contribution is -2.51. The number of pyridine rings is 1. The Kier molecular flexibility index (Phi) is 4.15. The van der Waals surface area contributed by atoms with Crippen LogP contribution < -0.4 is 10.5 Å². The van der Waals surface area contributed by atoms with Gasteiger partial charge in [-0.15, -0.1) is 0 Å². The lowest BCUT2D eigenvalue weighted by Gasteiger charge is -2.36. The summed E-state index contributed by atoms with van der Waals surface area (Å²) in [4.78, 5) is 37.8. The predicted molar refractivity (Wildman–Crippen MR) is 95.5 cm³/mol. The van der Waals surface area contributed by atoms with Crippen molar-refractivity contribution in [2.24, 2.45) is 13.0 Å². The normalized spacial score (nSPS) is 18.9. The number of rotatable bonds is 2.